The van der Waals surface area contributed by atoms with Gasteiger partial charge in [-0.25, -0.2) is 9.97 Å². The van der Waals surface area contributed by atoms with Gasteiger partial charge >= 0.3 is 0 Å². The van der Waals surface area contributed by atoms with Gasteiger partial charge in [0.25, 0.3) is 0 Å². The average Bonchev–Trinajstić information content (AvgIpc) is 2.37. The van der Waals surface area contributed by atoms with E-state index in [0.29, 0.717) is 27.6 Å². The van der Waals surface area contributed by atoms with E-state index in [9.17, 15) is 10.2 Å². The van der Waals surface area contributed by atoms with E-state index in [2.05, 4.69) is 25.9 Å². The molecule has 2 atom stereocenters. The maximum absolute atomic E-state index is 9.88. The van der Waals surface area contributed by atoms with Crippen LogP contribution in [0.5, 0.6) is 0 Å². The van der Waals surface area contributed by atoms with Crippen LogP contribution in [0.25, 0.3) is 10.9 Å². The summed E-state index contributed by atoms with van der Waals surface area (Å²) in [7, 11) is 0. The number of nitrogens with two attached hydrogens (primary N) is 1. The molecule has 0 aliphatic rings. The standard InChI is InChI=1S/C11H12BrN3O2/c12-4-9(16)10(17)6-1-2-8-7(3-6)11(13)15-5-14-8/h1-3,5,9-10,16-17H,4H2,(H2,13,14,15). The first kappa shape index (κ1) is 12.2. The third kappa shape index (κ3) is 2.38. The van der Waals surface area contributed by atoms with E-state index in [0.717, 1.165) is 0 Å². The van der Waals surface area contributed by atoms with Gasteiger partial charge in [0.05, 0.1) is 11.6 Å². The molecule has 0 radical (unpaired) electrons. The summed E-state index contributed by atoms with van der Waals surface area (Å²) in [5.74, 6) is 0.359. The van der Waals surface area contributed by atoms with Crippen LogP contribution in [0.15, 0.2) is 24.5 Å². The number of hydrogen-bond donors (Lipinski definition) is 3. The van der Waals surface area contributed by atoms with Crippen LogP contribution < -0.4 is 5.73 Å². The number of hydrogen-bond acceptors (Lipinski definition) is 5. The summed E-state index contributed by atoms with van der Waals surface area (Å²) in [6, 6.07) is 5.15. The van der Waals surface area contributed by atoms with Crippen LogP contribution in [0.4, 0.5) is 5.82 Å². The van der Waals surface area contributed by atoms with Crippen molar-refractivity contribution in [3.8, 4) is 0 Å². The van der Waals surface area contributed by atoms with Gasteiger partial charge in [0, 0.05) is 10.7 Å². The Kier molecular flexibility index (Phi) is 3.56. The van der Waals surface area contributed by atoms with E-state index < -0.39 is 12.2 Å². The van der Waals surface area contributed by atoms with E-state index in [1.807, 2.05) is 0 Å². The molecule has 2 aromatic rings. The Morgan fingerprint density at radius 3 is 2.76 bits per heavy atom. The summed E-state index contributed by atoms with van der Waals surface area (Å²) in [4.78, 5) is 7.95. The van der Waals surface area contributed by atoms with Crippen molar-refractivity contribution in [1.29, 1.82) is 0 Å². The van der Waals surface area contributed by atoms with Crippen LogP contribution in [0.1, 0.15) is 11.7 Å². The molecular formula is C11H12BrN3O2. The molecule has 0 fully saturated rings. The number of aromatic nitrogens is 2. The molecule has 0 saturated heterocycles. The quantitative estimate of drug-likeness (QED) is 0.735. The minimum absolute atomic E-state index is 0.299. The minimum atomic E-state index is -0.960. The molecule has 0 aliphatic carbocycles. The molecule has 6 heteroatoms. The van der Waals surface area contributed by atoms with Crippen molar-refractivity contribution in [2.24, 2.45) is 0 Å². The first-order valence-electron chi connectivity index (χ1n) is 5.05. The van der Waals surface area contributed by atoms with Crippen molar-refractivity contribution < 1.29 is 10.2 Å². The number of nitrogens with zero attached hydrogens (tertiary/aromatic N) is 2. The number of rotatable bonds is 3. The number of benzene rings is 1. The molecule has 0 spiro atoms. The molecule has 5 nitrogen and oxygen atoms in total. The second-order valence-electron chi connectivity index (χ2n) is 3.70. The average molecular weight is 298 g/mol. The molecule has 1 aromatic heterocycles. The Balaban J connectivity index is 2.47. The highest BCUT2D eigenvalue weighted by Crippen LogP contribution is 2.24. The number of aliphatic hydroxyl groups is 2. The van der Waals surface area contributed by atoms with E-state index >= 15 is 0 Å². The van der Waals surface area contributed by atoms with Crippen molar-refractivity contribution in [1.82, 2.24) is 9.97 Å². The van der Waals surface area contributed by atoms with E-state index in [1.165, 1.54) is 6.33 Å². The van der Waals surface area contributed by atoms with E-state index in [4.69, 9.17) is 5.73 Å². The Labute approximate surface area is 106 Å². The Bertz CT molecular complexity index is 535. The lowest BCUT2D eigenvalue weighted by atomic mass is 10.0. The highest BCUT2D eigenvalue weighted by molar-refractivity contribution is 9.09. The largest absolute Gasteiger partial charge is 0.389 e. The van der Waals surface area contributed by atoms with Gasteiger partial charge in [-0.05, 0) is 17.7 Å². The van der Waals surface area contributed by atoms with Gasteiger partial charge in [-0.15, -0.1) is 0 Å². The van der Waals surface area contributed by atoms with Gasteiger partial charge in [0.1, 0.15) is 18.2 Å². The fraction of sp³-hybridized carbons (Fsp3) is 0.273. The maximum atomic E-state index is 9.88. The zero-order valence-corrected chi connectivity index (χ0v) is 10.5. The topological polar surface area (TPSA) is 92.3 Å². The SMILES string of the molecule is Nc1ncnc2ccc(C(O)C(O)CBr)cc12. The van der Waals surface area contributed by atoms with Gasteiger partial charge in [0.2, 0.25) is 0 Å². The molecule has 90 valence electrons. The van der Waals surface area contributed by atoms with Gasteiger partial charge < -0.3 is 15.9 Å². The molecular weight excluding hydrogens is 286 g/mol. The Morgan fingerprint density at radius 1 is 1.29 bits per heavy atom. The lowest BCUT2D eigenvalue weighted by Gasteiger charge is -2.16. The molecule has 0 amide bonds. The number of nitrogen functional groups attached to an aromatic ring is 1. The highest BCUT2D eigenvalue weighted by atomic mass is 79.9. The highest BCUT2D eigenvalue weighted by Gasteiger charge is 2.17. The van der Waals surface area contributed by atoms with Gasteiger partial charge in [-0.2, -0.15) is 0 Å². The van der Waals surface area contributed by atoms with Crippen LogP contribution in [0.3, 0.4) is 0 Å². The number of alkyl halides is 1. The smallest absolute Gasteiger partial charge is 0.134 e. The Hall–Kier alpha value is -1.24. The summed E-state index contributed by atoms with van der Waals surface area (Å²) >= 11 is 3.12. The predicted octanol–water partition coefficient (Wildman–Crippen LogP) is 1.00. The van der Waals surface area contributed by atoms with Crippen LogP contribution in [0.2, 0.25) is 0 Å². The van der Waals surface area contributed by atoms with Gasteiger partial charge in [0.15, 0.2) is 0 Å². The summed E-state index contributed by atoms with van der Waals surface area (Å²) in [5, 5.41) is 20.4. The molecule has 4 N–H and O–H groups in total. The monoisotopic (exact) mass is 297 g/mol. The molecule has 1 heterocycles. The maximum Gasteiger partial charge on any atom is 0.134 e. The number of anilines is 1. The molecule has 2 rings (SSSR count). The third-order valence-electron chi connectivity index (χ3n) is 2.55. The van der Waals surface area contributed by atoms with Gasteiger partial charge in [-0.1, -0.05) is 22.0 Å². The summed E-state index contributed by atoms with van der Waals surface area (Å²) in [6.07, 6.45) is -0.433. The fourth-order valence-electron chi connectivity index (χ4n) is 1.58. The number of fused-ring (bicyclic) bond motifs is 1. The zero-order valence-electron chi connectivity index (χ0n) is 8.92. The zero-order chi connectivity index (χ0) is 12.4. The molecule has 0 bridgehead atoms. The predicted molar refractivity (Wildman–Crippen MR) is 68.7 cm³/mol. The van der Waals surface area contributed by atoms with Crippen LogP contribution >= 0.6 is 15.9 Å². The van der Waals surface area contributed by atoms with Crippen molar-refractivity contribution in [2.75, 3.05) is 11.1 Å². The Morgan fingerprint density at radius 2 is 2.06 bits per heavy atom. The van der Waals surface area contributed by atoms with Crippen LogP contribution in [-0.4, -0.2) is 31.6 Å². The lowest BCUT2D eigenvalue weighted by Crippen LogP contribution is -2.19. The molecule has 0 saturated carbocycles. The second-order valence-corrected chi connectivity index (χ2v) is 4.35. The van der Waals surface area contributed by atoms with E-state index in [-0.39, 0.29) is 0 Å². The van der Waals surface area contributed by atoms with E-state index in [1.54, 1.807) is 18.2 Å². The van der Waals surface area contributed by atoms with Crippen molar-refractivity contribution >= 4 is 32.7 Å². The third-order valence-corrected chi connectivity index (χ3v) is 3.22. The number of aliphatic hydroxyl groups excluding tert-OH is 2. The number of halogens is 1. The minimum Gasteiger partial charge on any atom is -0.389 e. The van der Waals surface area contributed by atoms with Crippen LogP contribution in [0, 0.1) is 0 Å². The fourth-order valence-corrected chi connectivity index (χ4v) is 1.94. The summed E-state index contributed by atoms with van der Waals surface area (Å²) in [5.41, 5.74) is 7.03. The molecule has 2 unspecified atom stereocenters. The first-order valence-corrected chi connectivity index (χ1v) is 6.18. The summed E-state index contributed by atoms with van der Waals surface area (Å²) < 4.78 is 0. The second kappa shape index (κ2) is 4.95. The lowest BCUT2D eigenvalue weighted by molar-refractivity contribution is 0.0343. The van der Waals surface area contributed by atoms with Crippen molar-refractivity contribution in [3.63, 3.8) is 0 Å². The van der Waals surface area contributed by atoms with Crippen molar-refractivity contribution in [2.45, 2.75) is 12.2 Å². The van der Waals surface area contributed by atoms with Gasteiger partial charge in [-0.3, -0.25) is 0 Å². The normalized spacial score (nSPS) is 14.8. The molecule has 0 aliphatic heterocycles. The molecule has 17 heavy (non-hydrogen) atoms. The van der Waals surface area contributed by atoms with Crippen molar-refractivity contribution in [3.05, 3.63) is 30.1 Å². The molecule has 1 aromatic carbocycles. The van der Waals surface area contributed by atoms with Crippen LogP contribution in [-0.2, 0) is 0 Å². The first-order chi connectivity index (χ1) is 8.13. The summed E-state index contributed by atoms with van der Waals surface area (Å²) in [6.45, 7) is 0.